The van der Waals surface area contributed by atoms with Gasteiger partial charge in [-0.15, -0.1) is 5.10 Å². The first-order valence-corrected chi connectivity index (χ1v) is 9.16. The number of nitrogen functional groups attached to an aromatic ring is 1. The number of benzene rings is 1. The molecular weight excluding hydrogens is 376 g/mol. The number of nitrogens with one attached hydrogen (secondary N) is 1. The highest BCUT2D eigenvalue weighted by molar-refractivity contribution is 6.00. The second kappa shape index (κ2) is 8.95. The standard InChI is InChI=1S/C18H22N8O3/c1-4-6-14-15(21-25-26(14)17-16(19)23-29-24-17)18(27)22-20-11(3)12-7-9-13(10-8-12)28-5-2/h7-10H,4-6H2,1-3H3,(H2,19,23)(H,22,27)/b20-11+. The quantitative estimate of drug-likeness (QED) is 0.431. The monoisotopic (exact) mass is 398 g/mol. The highest BCUT2D eigenvalue weighted by Crippen LogP contribution is 2.17. The van der Waals surface area contributed by atoms with Crippen LogP contribution in [0, 0.1) is 0 Å². The fourth-order valence-corrected chi connectivity index (χ4v) is 2.66. The molecule has 0 aliphatic heterocycles. The molecule has 0 radical (unpaired) electrons. The van der Waals surface area contributed by atoms with Gasteiger partial charge in [0.1, 0.15) is 5.75 Å². The number of nitrogens with two attached hydrogens (primary N) is 1. The van der Waals surface area contributed by atoms with E-state index in [9.17, 15) is 4.79 Å². The molecule has 29 heavy (non-hydrogen) atoms. The van der Waals surface area contributed by atoms with Gasteiger partial charge in [-0.25, -0.2) is 10.1 Å². The molecule has 2 heterocycles. The van der Waals surface area contributed by atoms with E-state index in [0.29, 0.717) is 24.4 Å². The van der Waals surface area contributed by atoms with Gasteiger partial charge in [-0.1, -0.05) is 18.6 Å². The van der Waals surface area contributed by atoms with Crippen LogP contribution in [0.4, 0.5) is 5.82 Å². The van der Waals surface area contributed by atoms with Gasteiger partial charge in [0.05, 0.1) is 18.0 Å². The van der Waals surface area contributed by atoms with Gasteiger partial charge in [-0.3, -0.25) is 4.79 Å². The Morgan fingerprint density at radius 1 is 1.28 bits per heavy atom. The molecule has 0 unspecified atom stereocenters. The lowest BCUT2D eigenvalue weighted by Crippen LogP contribution is -2.21. The number of rotatable bonds is 8. The summed E-state index contributed by atoms with van der Waals surface area (Å²) in [4.78, 5) is 12.6. The predicted molar refractivity (Wildman–Crippen MR) is 105 cm³/mol. The van der Waals surface area contributed by atoms with Gasteiger partial charge in [0.25, 0.3) is 5.91 Å². The van der Waals surface area contributed by atoms with Gasteiger partial charge in [0.15, 0.2) is 5.69 Å². The number of carbonyl (C=O) groups excluding carboxylic acids is 1. The van der Waals surface area contributed by atoms with Crippen molar-refractivity contribution in [1.82, 2.24) is 30.7 Å². The Kier molecular flexibility index (Phi) is 6.17. The molecule has 0 bridgehead atoms. The third-order valence-corrected chi connectivity index (χ3v) is 4.07. The van der Waals surface area contributed by atoms with Gasteiger partial charge in [0.2, 0.25) is 11.6 Å². The van der Waals surface area contributed by atoms with Crippen molar-refractivity contribution >= 4 is 17.4 Å². The third kappa shape index (κ3) is 4.39. The van der Waals surface area contributed by atoms with E-state index in [1.807, 2.05) is 38.1 Å². The number of amides is 1. The van der Waals surface area contributed by atoms with Crippen LogP contribution in [0.1, 0.15) is 48.9 Å². The summed E-state index contributed by atoms with van der Waals surface area (Å²) in [5.74, 6) is 0.535. The first kappa shape index (κ1) is 20.0. The molecule has 0 fully saturated rings. The van der Waals surface area contributed by atoms with Gasteiger partial charge in [-0.2, -0.15) is 9.78 Å². The minimum absolute atomic E-state index is 0.0589. The topological polar surface area (TPSA) is 146 Å². The second-order valence-electron chi connectivity index (χ2n) is 6.12. The molecule has 1 amide bonds. The number of hydrazone groups is 1. The maximum absolute atomic E-state index is 12.6. The zero-order chi connectivity index (χ0) is 20.8. The lowest BCUT2D eigenvalue weighted by atomic mass is 10.1. The van der Waals surface area contributed by atoms with Crippen LogP contribution in [-0.2, 0) is 6.42 Å². The maximum atomic E-state index is 12.6. The van der Waals surface area contributed by atoms with E-state index in [2.05, 4.69) is 35.8 Å². The van der Waals surface area contributed by atoms with Crippen LogP contribution in [0.5, 0.6) is 5.75 Å². The van der Waals surface area contributed by atoms with E-state index < -0.39 is 5.91 Å². The van der Waals surface area contributed by atoms with Gasteiger partial charge >= 0.3 is 0 Å². The van der Waals surface area contributed by atoms with Crippen molar-refractivity contribution in [3.05, 3.63) is 41.2 Å². The normalized spacial score (nSPS) is 11.5. The molecule has 0 spiro atoms. The average molecular weight is 398 g/mol. The summed E-state index contributed by atoms with van der Waals surface area (Å²) in [6, 6.07) is 7.44. The number of aromatic nitrogens is 5. The molecule has 3 rings (SSSR count). The lowest BCUT2D eigenvalue weighted by molar-refractivity contribution is 0.0948. The molecule has 3 aromatic rings. The van der Waals surface area contributed by atoms with Crippen LogP contribution >= 0.6 is 0 Å². The van der Waals surface area contributed by atoms with Gasteiger partial charge in [-0.05, 0) is 60.4 Å². The van der Waals surface area contributed by atoms with Crippen molar-refractivity contribution in [3.63, 3.8) is 0 Å². The first-order valence-electron chi connectivity index (χ1n) is 9.16. The van der Waals surface area contributed by atoms with Gasteiger partial charge < -0.3 is 10.5 Å². The summed E-state index contributed by atoms with van der Waals surface area (Å²) >= 11 is 0. The summed E-state index contributed by atoms with van der Waals surface area (Å²) in [5.41, 5.74) is 10.4. The van der Waals surface area contributed by atoms with Crippen LogP contribution < -0.4 is 15.9 Å². The fourth-order valence-electron chi connectivity index (χ4n) is 2.66. The van der Waals surface area contributed by atoms with Crippen LogP contribution in [-0.4, -0.2) is 43.5 Å². The number of anilines is 1. The summed E-state index contributed by atoms with van der Waals surface area (Å²) in [7, 11) is 0. The van der Waals surface area contributed by atoms with Crippen molar-refractivity contribution < 1.29 is 14.2 Å². The summed E-state index contributed by atoms with van der Waals surface area (Å²) in [6.07, 6.45) is 1.29. The van der Waals surface area contributed by atoms with E-state index in [-0.39, 0.29) is 17.3 Å². The van der Waals surface area contributed by atoms with Crippen LogP contribution in [0.25, 0.3) is 5.82 Å². The van der Waals surface area contributed by atoms with Crippen molar-refractivity contribution in [1.29, 1.82) is 0 Å². The highest BCUT2D eigenvalue weighted by Gasteiger charge is 2.23. The SMILES string of the molecule is CCCc1c(C(=O)N/N=C(\C)c2ccc(OCC)cc2)nnn1-c1nonc1N. The molecule has 11 heteroatoms. The number of carbonyl (C=O) groups is 1. The highest BCUT2D eigenvalue weighted by atomic mass is 16.6. The Morgan fingerprint density at radius 2 is 2.03 bits per heavy atom. The van der Waals surface area contributed by atoms with Crippen molar-refractivity contribution in [3.8, 4) is 11.6 Å². The van der Waals surface area contributed by atoms with E-state index in [4.69, 9.17) is 10.5 Å². The van der Waals surface area contributed by atoms with E-state index >= 15 is 0 Å². The summed E-state index contributed by atoms with van der Waals surface area (Å²) in [6.45, 7) is 6.28. The number of hydrogen-bond donors (Lipinski definition) is 2. The number of ether oxygens (including phenoxy) is 1. The molecule has 0 aliphatic rings. The summed E-state index contributed by atoms with van der Waals surface area (Å²) < 4.78 is 11.4. The second-order valence-corrected chi connectivity index (χ2v) is 6.12. The Bertz CT molecular complexity index is 1010. The molecule has 152 valence electrons. The Balaban J connectivity index is 1.79. The third-order valence-electron chi connectivity index (χ3n) is 4.07. The summed E-state index contributed by atoms with van der Waals surface area (Å²) in [5, 5.41) is 19.3. The van der Waals surface area contributed by atoms with Crippen molar-refractivity contribution in [2.75, 3.05) is 12.3 Å². The molecule has 0 saturated carbocycles. The Hall–Kier alpha value is -3.76. The Labute approximate surface area is 166 Å². The molecule has 3 N–H and O–H groups in total. The fraction of sp³-hybridized carbons (Fsp3) is 0.333. The first-order chi connectivity index (χ1) is 14.0. The number of nitrogens with zero attached hydrogens (tertiary/aromatic N) is 6. The van der Waals surface area contributed by atoms with E-state index in [1.54, 1.807) is 6.92 Å². The van der Waals surface area contributed by atoms with Crippen LogP contribution in [0.2, 0.25) is 0 Å². The maximum Gasteiger partial charge on any atom is 0.293 e. The predicted octanol–water partition coefficient (Wildman–Crippen LogP) is 1.74. The van der Waals surface area contributed by atoms with Gasteiger partial charge in [0, 0.05) is 0 Å². The molecule has 2 aromatic heterocycles. The van der Waals surface area contributed by atoms with Crippen molar-refractivity contribution in [2.45, 2.75) is 33.6 Å². The molecule has 0 aliphatic carbocycles. The van der Waals surface area contributed by atoms with E-state index in [1.165, 1.54) is 4.68 Å². The van der Waals surface area contributed by atoms with Crippen LogP contribution in [0.3, 0.4) is 0 Å². The smallest absolute Gasteiger partial charge is 0.293 e. The molecule has 11 nitrogen and oxygen atoms in total. The molecular formula is C18H22N8O3. The zero-order valence-corrected chi connectivity index (χ0v) is 16.4. The van der Waals surface area contributed by atoms with Crippen LogP contribution in [0.15, 0.2) is 34.0 Å². The Morgan fingerprint density at radius 3 is 2.66 bits per heavy atom. The average Bonchev–Trinajstić information content (AvgIpc) is 3.33. The largest absolute Gasteiger partial charge is 0.494 e. The minimum atomic E-state index is -0.486. The zero-order valence-electron chi connectivity index (χ0n) is 16.4. The van der Waals surface area contributed by atoms with Crippen molar-refractivity contribution in [2.24, 2.45) is 5.10 Å². The molecule has 0 atom stereocenters. The molecule has 0 saturated heterocycles. The minimum Gasteiger partial charge on any atom is -0.494 e. The molecule has 1 aromatic carbocycles. The lowest BCUT2D eigenvalue weighted by Gasteiger charge is -2.06. The number of hydrogen-bond acceptors (Lipinski definition) is 9. The van der Waals surface area contributed by atoms with E-state index in [0.717, 1.165) is 17.7 Å².